The van der Waals surface area contributed by atoms with Crippen LogP contribution in [0.4, 0.5) is 24.0 Å². The highest BCUT2D eigenvalue weighted by Crippen LogP contribution is 2.43. The van der Waals surface area contributed by atoms with E-state index in [-0.39, 0.29) is 40.9 Å². The Bertz CT molecular complexity index is 1290. The summed E-state index contributed by atoms with van der Waals surface area (Å²) in [5.41, 5.74) is 0.495. The Morgan fingerprint density at radius 2 is 1.87 bits per heavy atom. The molecule has 2 heterocycles. The van der Waals surface area contributed by atoms with Crippen LogP contribution in [0.1, 0.15) is 54.9 Å². The number of unbranched alkanes of at least 4 members (excludes halogenated alkanes) is 2. The van der Waals surface area contributed by atoms with Gasteiger partial charge in [0, 0.05) is 31.6 Å². The number of halogens is 3. The second kappa shape index (κ2) is 11.5. The van der Waals surface area contributed by atoms with Gasteiger partial charge in [0.25, 0.3) is 5.91 Å². The first kappa shape index (κ1) is 27.6. The van der Waals surface area contributed by atoms with E-state index in [9.17, 15) is 22.8 Å². The predicted octanol–water partition coefficient (Wildman–Crippen LogP) is 6.57. The monoisotopic (exact) mass is 546 g/mol. The Kier molecular flexibility index (Phi) is 8.35. The molecule has 38 heavy (non-hydrogen) atoms. The molecule has 11 heteroatoms. The number of thiazole rings is 1. The topological polar surface area (TPSA) is 75.6 Å². The van der Waals surface area contributed by atoms with Gasteiger partial charge >= 0.3 is 6.18 Å². The molecule has 1 fully saturated rings. The molecule has 0 aliphatic heterocycles. The highest BCUT2D eigenvalue weighted by molar-refractivity contribution is 7.14. The van der Waals surface area contributed by atoms with Crippen LogP contribution in [0.25, 0.3) is 11.4 Å². The molecule has 0 unspecified atom stereocenters. The third kappa shape index (κ3) is 6.32. The van der Waals surface area contributed by atoms with Crippen molar-refractivity contribution in [3.05, 3.63) is 53.0 Å². The van der Waals surface area contributed by atoms with E-state index in [4.69, 9.17) is 4.74 Å². The maximum atomic E-state index is 14.0. The fourth-order valence-electron chi connectivity index (χ4n) is 3.80. The summed E-state index contributed by atoms with van der Waals surface area (Å²) in [5, 5.41) is 1.94. The van der Waals surface area contributed by atoms with E-state index >= 15 is 0 Å². The van der Waals surface area contributed by atoms with Crippen LogP contribution < -0.4 is 9.64 Å². The molecule has 2 aromatic heterocycles. The smallest absolute Gasteiger partial charge is 0.420 e. The van der Waals surface area contributed by atoms with E-state index in [0.29, 0.717) is 36.2 Å². The van der Waals surface area contributed by atoms with Gasteiger partial charge in [0.1, 0.15) is 11.4 Å². The molecule has 1 aromatic carbocycles. The Balaban J connectivity index is 1.66. The van der Waals surface area contributed by atoms with E-state index in [1.807, 2.05) is 6.92 Å². The molecule has 4 rings (SSSR count). The number of pyridine rings is 1. The summed E-state index contributed by atoms with van der Waals surface area (Å²) in [6.45, 7) is 2.19. The molecule has 0 spiro atoms. The summed E-state index contributed by atoms with van der Waals surface area (Å²) in [5.74, 6) is -0.998. The first-order chi connectivity index (χ1) is 18.1. The molecule has 1 aliphatic rings. The van der Waals surface area contributed by atoms with Crippen molar-refractivity contribution in [3.8, 4) is 17.1 Å². The van der Waals surface area contributed by atoms with Crippen molar-refractivity contribution < 1.29 is 27.5 Å². The number of alkyl halides is 3. The predicted molar refractivity (Wildman–Crippen MR) is 140 cm³/mol. The molecule has 1 aliphatic carbocycles. The van der Waals surface area contributed by atoms with Crippen LogP contribution in [0.5, 0.6) is 5.75 Å². The number of hydrogen-bond acceptors (Lipinski definition) is 6. The minimum absolute atomic E-state index is 0.0796. The summed E-state index contributed by atoms with van der Waals surface area (Å²) >= 11 is 1.14. The van der Waals surface area contributed by atoms with Gasteiger partial charge in [-0.05, 0) is 49.6 Å². The number of anilines is 2. The molecule has 7 nitrogen and oxygen atoms in total. The van der Waals surface area contributed by atoms with Gasteiger partial charge in [-0.3, -0.25) is 19.5 Å². The molecular weight excluding hydrogens is 517 g/mol. The summed E-state index contributed by atoms with van der Waals surface area (Å²) in [6, 6.07) is 6.97. The van der Waals surface area contributed by atoms with E-state index in [1.165, 1.54) is 28.1 Å². The quantitative estimate of drug-likeness (QED) is 0.269. The highest BCUT2D eigenvalue weighted by Gasteiger charge is 2.39. The molecule has 0 atom stereocenters. The lowest BCUT2D eigenvalue weighted by Crippen LogP contribution is -2.27. The maximum Gasteiger partial charge on any atom is 0.420 e. The first-order valence-corrected chi connectivity index (χ1v) is 13.3. The molecule has 3 aromatic rings. The van der Waals surface area contributed by atoms with Gasteiger partial charge < -0.3 is 9.64 Å². The molecule has 202 valence electrons. The molecule has 1 saturated carbocycles. The Labute approximate surface area is 223 Å². The van der Waals surface area contributed by atoms with Crippen molar-refractivity contribution >= 4 is 34.0 Å². The fraction of sp³-hybridized carbons (Fsp3) is 0.407. The summed E-state index contributed by atoms with van der Waals surface area (Å²) < 4.78 is 47.4. The lowest BCUT2D eigenvalue weighted by molar-refractivity contribution is -0.139. The number of aromatic nitrogens is 2. The zero-order valence-corrected chi connectivity index (χ0v) is 22.2. The number of hydrogen-bond donors (Lipinski definition) is 0. The van der Waals surface area contributed by atoms with Crippen LogP contribution in [-0.4, -0.2) is 47.4 Å². The van der Waals surface area contributed by atoms with Crippen molar-refractivity contribution in [3.63, 3.8) is 0 Å². The fourth-order valence-corrected chi connectivity index (χ4v) is 4.64. The number of amides is 2. The highest BCUT2D eigenvalue weighted by atomic mass is 32.1. The lowest BCUT2D eigenvalue weighted by atomic mass is 10.1. The van der Waals surface area contributed by atoms with Crippen LogP contribution in [0.2, 0.25) is 0 Å². The van der Waals surface area contributed by atoms with E-state index < -0.39 is 11.7 Å². The van der Waals surface area contributed by atoms with Gasteiger partial charge in [-0.15, -0.1) is 11.3 Å². The molecular formula is C27H29F3N4O3S. The lowest BCUT2D eigenvalue weighted by Gasteiger charge is -2.22. The van der Waals surface area contributed by atoms with Gasteiger partial charge in [0.15, 0.2) is 5.13 Å². The third-order valence-corrected chi connectivity index (χ3v) is 6.87. The van der Waals surface area contributed by atoms with Crippen molar-refractivity contribution in [1.82, 2.24) is 14.9 Å². The zero-order chi connectivity index (χ0) is 27.4. The SMILES string of the molecule is CCCCCOc1ccc(N(C(=O)C2CC2)c2nc(-c3ccc(C(=O)N(C)C)cn3)cs2)cc1C(F)(F)F. The largest absolute Gasteiger partial charge is 0.493 e. The number of benzene rings is 1. The van der Waals surface area contributed by atoms with Gasteiger partial charge in [-0.25, -0.2) is 4.98 Å². The second-order valence-electron chi connectivity index (χ2n) is 9.33. The molecule has 0 N–H and O–H groups in total. The third-order valence-electron chi connectivity index (χ3n) is 6.04. The normalized spacial score (nSPS) is 13.3. The van der Waals surface area contributed by atoms with Crippen molar-refractivity contribution in [1.29, 1.82) is 0 Å². The van der Waals surface area contributed by atoms with E-state index in [2.05, 4.69) is 9.97 Å². The van der Waals surface area contributed by atoms with Crippen molar-refractivity contribution in [2.75, 3.05) is 25.6 Å². The number of ether oxygens (including phenoxy) is 1. The van der Waals surface area contributed by atoms with Crippen LogP contribution in [0, 0.1) is 5.92 Å². The number of carbonyl (C=O) groups excluding carboxylic acids is 2. The number of nitrogens with zero attached hydrogens (tertiary/aromatic N) is 4. The number of carbonyl (C=O) groups is 2. The summed E-state index contributed by atoms with van der Waals surface area (Å²) in [6.07, 6.45) is 0.590. The standard InChI is InChI=1S/C27H29F3N4O3S/c1-4-5-6-13-37-23-12-10-19(14-20(23)27(28,29)30)34(25(36)17-7-8-17)26-32-22(16-38-26)21-11-9-18(15-31-21)24(35)33(2)3/h9-12,14-17H,4-8,13H2,1-3H3. The Morgan fingerprint density at radius 3 is 2.47 bits per heavy atom. The first-order valence-electron chi connectivity index (χ1n) is 12.4. The van der Waals surface area contributed by atoms with Gasteiger partial charge in [-0.1, -0.05) is 19.8 Å². The van der Waals surface area contributed by atoms with Gasteiger partial charge in [0.2, 0.25) is 5.91 Å². The van der Waals surface area contributed by atoms with E-state index in [0.717, 1.165) is 30.2 Å². The second-order valence-corrected chi connectivity index (χ2v) is 10.2. The van der Waals surface area contributed by atoms with Crippen LogP contribution >= 0.6 is 11.3 Å². The zero-order valence-electron chi connectivity index (χ0n) is 21.4. The molecule has 2 amide bonds. The molecule has 0 radical (unpaired) electrons. The average molecular weight is 547 g/mol. The minimum atomic E-state index is -4.66. The van der Waals surface area contributed by atoms with Crippen LogP contribution in [0.15, 0.2) is 41.9 Å². The van der Waals surface area contributed by atoms with Crippen molar-refractivity contribution in [2.45, 2.75) is 45.2 Å². The van der Waals surface area contributed by atoms with Crippen LogP contribution in [0.3, 0.4) is 0 Å². The summed E-state index contributed by atoms with van der Waals surface area (Å²) in [4.78, 5) is 36.9. The summed E-state index contributed by atoms with van der Waals surface area (Å²) in [7, 11) is 3.29. The van der Waals surface area contributed by atoms with Gasteiger partial charge in [-0.2, -0.15) is 13.2 Å². The number of rotatable bonds is 10. The maximum absolute atomic E-state index is 14.0. The van der Waals surface area contributed by atoms with Crippen molar-refractivity contribution in [2.24, 2.45) is 5.92 Å². The average Bonchev–Trinajstić information content (AvgIpc) is 3.64. The molecule has 0 saturated heterocycles. The van der Waals surface area contributed by atoms with E-state index in [1.54, 1.807) is 31.6 Å². The molecule has 0 bridgehead atoms. The Morgan fingerprint density at radius 1 is 1.11 bits per heavy atom. The Hall–Kier alpha value is -3.47. The minimum Gasteiger partial charge on any atom is -0.493 e. The van der Waals surface area contributed by atoms with Gasteiger partial charge in [0.05, 0.1) is 29.1 Å². The van der Waals surface area contributed by atoms with Crippen LogP contribution in [-0.2, 0) is 11.0 Å².